The lowest BCUT2D eigenvalue weighted by Gasteiger charge is -2.37. The number of rotatable bonds is 6. The number of likely N-dealkylation sites (N-methyl/N-ethyl adjacent to an activating group) is 2. The zero-order valence-electron chi connectivity index (χ0n) is 21.9. The SMILES string of the molecule is CC1CN(CC(=O)N(C)c2ccc(N=C(c3ccccc3)C3C(=O)Nc4cc(Cl)ccc43)cc2)CCN1C. The number of nitrogens with one attached hydrogen (secondary N) is 1. The average molecular weight is 530 g/mol. The molecule has 0 saturated carbocycles. The van der Waals surface area contributed by atoms with Gasteiger partial charge in [0.2, 0.25) is 11.8 Å². The summed E-state index contributed by atoms with van der Waals surface area (Å²) in [7, 11) is 3.93. The molecule has 2 atom stereocenters. The predicted molar refractivity (Wildman–Crippen MR) is 154 cm³/mol. The van der Waals surface area contributed by atoms with Crippen molar-refractivity contribution in [3.8, 4) is 0 Å². The van der Waals surface area contributed by atoms with Crippen LogP contribution >= 0.6 is 11.6 Å². The van der Waals surface area contributed by atoms with Gasteiger partial charge in [-0.15, -0.1) is 0 Å². The lowest BCUT2D eigenvalue weighted by molar-refractivity contribution is -0.120. The second-order valence-electron chi connectivity index (χ2n) is 10.1. The second kappa shape index (κ2) is 11.1. The van der Waals surface area contributed by atoms with E-state index in [1.807, 2.05) is 60.7 Å². The quantitative estimate of drug-likeness (QED) is 0.466. The van der Waals surface area contributed by atoms with E-state index < -0.39 is 5.92 Å². The normalized spacial score (nSPS) is 20.2. The molecule has 2 amide bonds. The minimum Gasteiger partial charge on any atom is -0.325 e. The van der Waals surface area contributed by atoms with Gasteiger partial charge in [-0.2, -0.15) is 0 Å². The van der Waals surface area contributed by atoms with Crippen LogP contribution in [0.3, 0.4) is 0 Å². The maximum absolute atomic E-state index is 13.1. The Morgan fingerprint density at radius 3 is 2.53 bits per heavy atom. The molecule has 3 aromatic carbocycles. The molecule has 1 fully saturated rings. The van der Waals surface area contributed by atoms with E-state index in [0.29, 0.717) is 34.7 Å². The van der Waals surface area contributed by atoms with Crippen molar-refractivity contribution in [2.24, 2.45) is 4.99 Å². The molecule has 0 spiro atoms. The molecule has 0 bridgehead atoms. The Labute approximate surface area is 228 Å². The van der Waals surface area contributed by atoms with Gasteiger partial charge in [0, 0.05) is 49.1 Å². The Morgan fingerprint density at radius 2 is 1.82 bits per heavy atom. The van der Waals surface area contributed by atoms with Crippen LogP contribution in [0.5, 0.6) is 0 Å². The lowest BCUT2D eigenvalue weighted by Crippen LogP contribution is -2.52. The number of halogens is 1. The Kier molecular flexibility index (Phi) is 7.61. The number of nitrogens with zero attached hydrogens (tertiary/aromatic N) is 4. The fourth-order valence-corrected chi connectivity index (χ4v) is 5.18. The van der Waals surface area contributed by atoms with Crippen molar-refractivity contribution in [1.82, 2.24) is 9.80 Å². The molecule has 2 unspecified atom stereocenters. The van der Waals surface area contributed by atoms with Gasteiger partial charge in [-0.3, -0.25) is 19.5 Å². The van der Waals surface area contributed by atoms with E-state index in [2.05, 4.69) is 29.1 Å². The van der Waals surface area contributed by atoms with Crippen LogP contribution in [0.4, 0.5) is 17.1 Å². The van der Waals surface area contributed by atoms with E-state index in [1.165, 1.54) is 0 Å². The number of anilines is 2. The minimum absolute atomic E-state index is 0.0564. The van der Waals surface area contributed by atoms with Crippen molar-refractivity contribution < 1.29 is 9.59 Å². The highest BCUT2D eigenvalue weighted by Crippen LogP contribution is 2.37. The molecule has 0 radical (unpaired) electrons. The maximum atomic E-state index is 13.1. The van der Waals surface area contributed by atoms with Crippen LogP contribution < -0.4 is 10.2 Å². The number of benzene rings is 3. The highest BCUT2D eigenvalue weighted by atomic mass is 35.5. The number of piperazine rings is 1. The first-order valence-electron chi connectivity index (χ1n) is 12.8. The van der Waals surface area contributed by atoms with Crippen molar-refractivity contribution in [3.63, 3.8) is 0 Å². The number of hydrogen-bond donors (Lipinski definition) is 1. The largest absolute Gasteiger partial charge is 0.325 e. The maximum Gasteiger partial charge on any atom is 0.240 e. The van der Waals surface area contributed by atoms with Gasteiger partial charge in [0.15, 0.2) is 0 Å². The minimum atomic E-state index is -0.556. The van der Waals surface area contributed by atoms with Gasteiger partial charge in [-0.25, -0.2) is 0 Å². The molecule has 3 aromatic rings. The van der Waals surface area contributed by atoms with Crippen molar-refractivity contribution in [3.05, 3.63) is 88.9 Å². The van der Waals surface area contributed by atoms with Gasteiger partial charge in [0.1, 0.15) is 5.92 Å². The molecular weight excluding hydrogens is 498 g/mol. The third-order valence-electron chi connectivity index (χ3n) is 7.45. The summed E-state index contributed by atoms with van der Waals surface area (Å²) < 4.78 is 0. The highest BCUT2D eigenvalue weighted by molar-refractivity contribution is 6.31. The van der Waals surface area contributed by atoms with Gasteiger partial charge in [0.25, 0.3) is 0 Å². The number of amides is 2. The summed E-state index contributed by atoms with van der Waals surface area (Å²) in [6.07, 6.45) is 0. The smallest absolute Gasteiger partial charge is 0.240 e. The molecule has 7 nitrogen and oxygen atoms in total. The zero-order chi connectivity index (χ0) is 26.8. The molecule has 8 heteroatoms. The summed E-state index contributed by atoms with van der Waals surface area (Å²) in [6, 6.07) is 23.2. The van der Waals surface area contributed by atoms with E-state index in [4.69, 9.17) is 16.6 Å². The monoisotopic (exact) mass is 529 g/mol. The van der Waals surface area contributed by atoms with E-state index in [9.17, 15) is 9.59 Å². The standard InChI is InChI=1S/C30H32ClN5O2/c1-20-18-36(16-15-34(20)2)19-27(37)35(3)24-12-10-23(11-13-24)32-29(21-7-5-4-6-8-21)28-25-14-9-22(31)17-26(25)33-30(28)38/h4-14,17,20,28H,15-16,18-19H2,1-3H3,(H,33,38). The first-order valence-corrected chi connectivity index (χ1v) is 13.2. The van der Waals surface area contributed by atoms with Crippen LogP contribution in [0.1, 0.15) is 24.0 Å². The molecule has 2 aliphatic rings. The fraction of sp³-hybridized carbons (Fsp3) is 0.300. The molecule has 1 N–H and O–H groups in total. The van der Waals surface area contributed by atoms with Gasteiger partial charge >= 0.3 is 0 Å². The fourth-order valence-electron chi connectivity index (χ4n) is 5.01. The second-order valence-corrected chi connectivity index (χ2v) is 10.5. The van der Waals surface area contributed by atoms with E-state index in [1.54, 1.807) is 24.1 Å². The van der Waals surface area contributed by atoms with Crippen LogP contribution in [0.2, 0.25) is 5.02 Å². The van der Waals surface area contributed by atoms with Crippen molar-refractivity contribution in [1.29, 1.82) is 0 Å². The Hall–Kier alpha value is -3.52. The summed E-state index contributed by atoms with van der Waals surface area (Å²) in [5, 5.41) is 3.51. The van der Waals surface area contributed by atoms with Crippen LogP contribution in [-0.4, -0.2) is 73.6 Å². The molecule has 2 heterocycles. The van der Waals surface area contributed by atoms with Gasteiger partial charge < -0.3 is 15.1 Å². The van der Waals surface area contributed by atoms with Crippen molar-refractivity contribution in [2.45, 2.75) is 18.9 Å². The van der Waals surface area contributed by atoms with Crippen LogP contribution in [0.25, 0.3) is 0 Å². The first-order chi connectivity index (χ1) is 18.3. The molecule has 2 aliphatic heterocycles. The Bertz CT molecular complexity index is 1360. The summed E-state index contributed by atoms with van der Waals surface area (Å²) >= 11 is 6.16. The number of fused-ring (bicyclic) bond motifs is 1. The van der Waals surface area contributed by atoms with Crippen LogP contribution in [0, 0.1) is 0 Å². The van der Waals surface area contributed by atoms with Gasteiger partial charge in [-0.05, 0) is 61.5 Å². The van der Waals surface area contributed by atoms with E-state index in [-0.39, 0.29) is 11.8 Å². The van der Waals surface area contributed by atoms with E-state index in [0.717, 1.165) is 36.4 Å². The van der Waals surface area contributed by atoms with Gasteiger partial charge in [-0.1, -0.05) is 48.0 Å². The summed E-state index contributed by atoms with van der Waals surface area (Å²) in [5.74, 6) is -0.634. The molecule has 196 valence electrons. The number of carbonyl (C=O) groups excluding carboxylic acids is 2. The predicted octanol–water partition coefficient (Wildman–Crippen LogP) is 4.80. The van der Waals surface area contributed by atoms with Gasteiger partial charge in [0.05, 0.1) is 17.9 Å². The third kappa shape index (κ3) is 5.50. The summed E-state index contributed by atoms with van der Waals surface area (Å²) in [4.78, 5) is 37.2. The molecule has 5 rings (SSSR count). The molecule has 1 saturated heterocycles. The Balaban J connectivity index is 1.38. The zero-order valence-corrected chi connectivity index (χ0v) is 22.7. The summed E-state index contributed by atoms with van der Waals surface area (Å²) in [6.45, 7) is 5.32. The topological polar surface area (TPSA) is 68.2 Å². The molecular formula is C30H32ClN5O2. The van der Waals surface area contributed by atoms with Crippen molar-refractivity contribution in [2.75, 3.05) is 50.5 Å². The number of hydrogen-bond acceptors (Lipinski definition) is 5. The summed E-state index contributed by atoms with van der Waals surface area (Å²) in [5.41, 5.74) is 4.59. The average Bonchev–Trinajstić information content (AvgIpc) is 3.24. The van der Waals surface area contributed by atoms with Crippen LogP contribution in [-0.2, 0) is 9.59 Å². The Morgan fingerprint density at radius 1 is 1.08 bits per heavy atom. The van der Waals surface area contributed by atoms with Crippen molar-refractivity contribution >= 4 is 46.2 Å². The molecule has 38 heavy (non-hydrogen) atoms. The van der Waals surface area contributed by atoms with E-state index >= 15 is 0 Å². The highest BCUT2D eigenvalue weighted by Gasteiger charge is 2.35. The number of aliphatic imine (C=N–C) groups is 1. The number of carbonyl (C=O) groups is 2. The molecule has 0 aromatic heterocycles. The third-order valence-corrected chi connectivity index (χ3v) is 7.69. The van der Waals surface area contributed by atoms with Crippen LogP contribution in [0.15, 0.2) is 77.8 Å². The molecule has 0 aliphatic carbocycles. The first kappa shape index (κ1) is 26.1. The lowest BCUT2D eigenvalue weighted by atomic mass is 9.90.